The van der Waals surface area contributed by atoms with E-state index in [1.165, 1.54) is 13.8 Å². The van der Waals surface area contributed by atoms with E-state index in [4.69, 9.17) is 9.47 Å². The highest BCUT2D eigenvalue weighted by Gasteiger charge is 2.24. The molecular formula is C19H19F2NO4. The third-order valence-electron chi connectivity index (χ3n) is 3.48. The van der Waals surface area contributed by atoms with Gasteiger partial charge in [0.1, 0.15) is 17.4 Å². The van der Waals surface area contributed by atoms with Crippen molar-refractivity contribution in [1.82, 2.24) is 0 Å². The lowest BCUT2D eigenvalue weighted by atomic mass is 10.2. The topological polar surface area (TPSA) is 64.6 Å². The fourth-order valence-corrected chi connectivity index (χ4v) is 2.09. The fraction of sp³-hybridized carbons (Fsp3) is 0.263. The molecule has 0 aliphatic rings. The molecule has 0 aliphatic carbocycles. The van der Waals surface area contributed by atoms with Gasteiger partial charge in [-0.15, -0.1) is 0 Å². The van der Waals surface area contributed by atoms with Gasteiger partial charge >= 0.3 is 5.97 Å². The lowest BCUT2D eigenvalue weighted by Gasteiger charge is -2.18. The molecule has 138 valence electrons. The number of anilines is 1. The summed E-state index contributed by atoms with van der Waals surface area (Å²) < 4.78 is 37.2. The highest BCUT2D eigenvalue weighted by Crippen LogP contribution is 2.17. The zero-order valence-corrected chi connectivity index (χ0v) is 14.6. The Bertz CT molecular complexity index is 810. The highest BCUT2D eigenvalue weighted by atomic mass is 19.1. The Morgan fingerprint density at radius 1 is 1.04 bits per heavy atom. The number of hydrogen-bond donors (Lipinski definition) is 1. The number of esters is 1. The number of hydrogen-bond acceptors (Lipinski definition) is 4. The molecule has 0 spiro atoms. The maximum Gasteiger partial charge on any atom is 0.347 e. The van der Waals surface area contributed by atoms with Gasteiger partial charge in [-0.1, -0.05) is 12.1 Å². The van der Waals surface area contributed by atoms with Crippen molar-refractivity contribution in [2.24, 2.45) is 0 Å². The molecule has 1 amide bonds. The minimum atomic E-state index is -1.21. The summed E-state index contributed by atoms with van der Waals surface area (Å²) in [5.41, 5.74) is 0.634. The molecule has 0 aliphatic heterocycles. The first-order chi connectivity index (χ1) is 12.3. The van der Waals surface area contributed by atoms with Crippen LogP contribution < -0.4 is 10.1 Å². The van der Waals surface area contributed by atoms with Crippen LogP contribution in [0.4, 0.5) is 14.5 Å². The normalized spacial score (nSPS) is 12.8. The molecule has 2 rings (SSSR count). The summed E-state index contributed by atoms with van der Waals surface area (Å²) in [6, 6.07) is 9.77. The fourth-order valence-electron chi connectivity index (χ4n) is 2.09. The van der Waals surface area contributed by atoms with Crippen molar-refractivity contribution in [3.8, 4) is 5.75 Å². The van der Waals surface area contributed by atoms with Gasteiger partial charge in [-0.05, 0) is 50.6 Å². The van der Waals surface area contributed by atoms with Gasteiger partial charge in [0.2, 0.25) is 0 Å². The number of amides is 1. The Morgan fingerprint density at radius 3 is 2.46 bits per heavy atom. The average molecular weight is 363 g/mol. The average Bonchev–Trinajstić information content (AvgIpc) is 2.58. The van der Waals surface area contributed by atoms with Crippen molar-refractivity contribution < 1.29 is 27.8 Å². The molecule has 0 fully saturated rings. The van der Waals surface area contributed by atoms with Crippen molar-refractivity contribution in [2.75, 3.05) is 5.32 Å². The summed E-state index contributed by atoms with van der Waals surface area (Å²) in [7, 11) is 0. The van der Waals surface area contributed by atoms with E-state index >= 15 is 0 Å². The first-order valence-corrected chi connectivity index (χ1v) is 7.96. The molecule has 2 atom stereocenters. The van der Waals surface area contributed by atoms with Gasteiger partial charge in [0.25, 0.3) is 5.91 Å². The van der Waals surface area contributed by atoms with Crippen molar-refractivity contribution in [3.63, 3.8) is 0 Å². The molecule has 0 saturated heterocycles. The van der Waals surface area contributed by atoms with Crippen LogP contribution >= 0.6 is 0 Å². The van der Waals surface area contributed by atoms with Gasteiger partial charge in [-0.3, -0.25) is 4.79 Å². The molecule has 0 unspecified atom stereocenters. The Balaban J connectivity index is 1.92. The second-order valence-corrected chi connectivity index (χ2v) is 5.77. The maximum absolute atomic E-state index is 13.5. The third-order valence-corrected chi connectivity index (χ3v) is 3.48. The second-order valence-electron chi connectivity index (χ2n) is 5.77. The SMILES string of the molecule is Cc1cccc(O[C@H](C)C(=O)O[C@H](C)C(=O)Nc2cc(F)ccc2F)c1. The summed E-state index contributed by atoms with van der Waals surface area (Å²) in [5, 5.41) is 2.18. The number of ether oxygens (including phenoxy) is 2. The van der Waals surface area contributed by atoms with E-state index in [9.17, 15) is 18.4 Å². The second kappa shape index (κ2) is 8.42. The van der Waals surface area contributed by atoms with Gasteiger partial charge in [0, 0.05) is 6.07 Å². The summed E-state index contributed by atoms with van der Waals surface area (Å²) in [4.78, 5) is 24.1. The van der Waals surface area contributed by atoms with E-state index in [0.717, 1.165) is 23.8 Å². The minimum absolute atomic E-state index is 0.332. The van der Waals surface area contributed by atoms with Crippen LogP contribution in [0.2, 0.25) is 0 Å². The number of benzene rings is 2. The maximum atomic E-state index is 13.5. The molecule has 0 heterocycles. The van der Waals surface area contributed by atoms with Crippen LogP contribution in [0.5, 0.6) is 5.75 Å². The number of carbonyl (C=O) groups excluding carboxylic acids is 2. The van der Waals surface area contributed by atoms with Crippen molar-refractivity contribution in [1.29, 1.82) is 0 Å². The number of halogens is 2. The zero-order chi connectivity index (χ0) is 19.3. The first-order valence-electron chi connectivity index (χ1n) is 7.96. The molecule has 0 radical (unpaired) electrons. The quantitative estimate of drug-likeness (QED) is 0.797. The molecule has 0 saturated carbocycles. The Morgan fingerprint density at radius 2 is 1.77 bits per heavy atom. The van der Waals surface area contributed by atoms with Gasteiger partial charge < -0.3 is 14.8 Å². The van der Waals surface area contributed by atoms with E-state index in [1.54, 1.807) is 18.2 Å². The predicted molar refractivity (Wildman–Crippen MR) is 91.8 cm³/mol. The van der Waals surface area contributed by atoms with E-state index in [0.29, 0.717) is 5.75 Å². The standard InChI is InChI=1S/C19H19F2NO4/c1-11-5-4-6-15(9-11)25-13(3)19(24)26-12(2)18(23)22-17-10-14(20)7-8-16(17)21/h4-10,12-13H,1-3H3,(H,22,23)/t12-,13-/m1/s1. The predicted octanol–water partition coefficient (Wildman–Crippen LogP) is 3.61. The van der Waals surface area contributed by atoms with Gasteiger partial charge in [0.15, 0.2) is 12.2 Å². The summed E-state index contributed by atoms with van der Waals surface area (Å²) in [6.45, 7) is 4.69. The van der Waals surface area contributed by atoms with Gasteiger partial charge in [-0.25, -0.2) is 13.6 Å². The summed E-state index contributed by atoms with van der Waals surface area (Å²) in [5.74, 6) is -2.55. The lowest BCUT2D eigenvalue weighted by molar-refractivity contribution is -0.159. The van der Waals surface area contributed by atoms with Crippen molar-refractivity contribution in [2.45, 2.75) is 33.0 Å². The Labute approximate surface area is 149 Å². The van der Waals surface area contributed by atoms with Crippen molar-refractivity contribution >= 4 is 17.6 Å². The van der Waals surface area contributed by atoms with Gasteiger partial charge in [-0.2, -0.15) is 0 Å². The summed E-state index contributed by atoms with van der Waals surface area (Å²) >= 11 is 0. The molecular weight excluding hydrogens is 344 g/mol. The number of aryl methyl sites for hydroxylation is 1. The molecule has 7 heteroatoms. The number of rotatable bonds is 6. The van der Waals surface area contributed by atoms with Crippen molar-refractivity contribution in [3.05, 3.63) is 59.7 Å². The molecule has 26 heavy (non-hydrogen) atoms. The highest BCUT2D eigenvalue weighted by molar-refractivity contribution is 5.95. The lowest BCUT2D eigenvalue weighted by Crippen LogP contribution is -2.35. The monoisotopic (exact) mass is 363 g/mol. The van der Waals surface area contributed by atoms with Crippen LogP contribution in [-0.4, -0.2) is 24.1 Å². The molecule has 1 N–H and O–H groups in total. The molecule has 2 aromatic carbocycles. The number of carbonyl (C=O) groups is 2. The smallest absolute Gasteiger partial charge is 0.347 e. The Hall–Kier alpha value is -2.96. The van der Waals surface area contributed by atoms with E-state index in [2.05, 4.69) is 5.32 Å². The zero-order valence-electron chi connectivity index (χ0n) is 14.6. The third kappa shape index (κ3) is 5.27. The molecule has 0 aromatic heterocycles. The molecule has 2 aromatic rings. The van der Waals surface area contributed by atoms with E-state index in [1.807, 2.05) is 13.0 Å². The van der Waals surface area contributed by atoms with Crippen LogP contribution in [0, 0.1) is 18.6 Å². The van der Waals surface area contributed by atoms with E-state index < -0.39 is 35.7 Å². The van der Waals surface area contributed by atoms with Gasteiger partial charge in [0.05, 0.1) is 5.69 Å². The summed E-state index contributed by atoms with van der Waals surface area (Å²) in [6.07, 6.45) is -2.16. The van der Waals surface area contributed by atoms with Crippen LogP contribution in [0.15, 0.2) is 42.5 Å². The minimum Gasteiger partial charge on any atom is -0.479 e. The Kier molecular flexibility index (Phi) is 6.27. The largest absolute Gasteiger partial charge is 0.479 e. The number of nitrogens with one attached hydrogen (secondary N) is 1. The van der Waals surface area contributed by atoms with Crippen LogP contribution in [0.3, 0.4) is 0 Å². The molecule has 5 nitrogen and oxygen atoms in total. The first kappa shape index (κ1) is 19.4. The molecule has 0 bridgehead atoms. The van der Waals surface area contributed by atoms with Crippen LogP contribution in [-0.2, 0) is 14.3 Å². The van der Waals surface area contributed by atoms with Crippen LogP contribution in [0.25, 0.3) is 0 Å². The van der Waals surface area contributed by atoms with Crippen LogP contribution in [0.1, 0.15) is 19.4 Å². The van der Waals surface area contributed by atoms with E-state index in [-0.39, 0.29) is 5.69 Å².